The second kappa shape index (κ2) is 6.55. The van der Waals surface area contributed by atoms with E-state index >= 15 is 0 Å². The van der Waals surface area contributed by atoms with Gasteiger partial charge in [-0.2, -0.15) is 0 Å². The van der Waals surface area contributed by atoms with Gasteiger partial charge >= 0.3 is 5.97 Å². The largest absolute Gasteiger partial charge is 0.478 e. The van der Waals surface area contributed by atoms with Gasteiger partial charge in [-0.15, -0.1) is 0 Å². The van der Waals surface area contributed by atoms with Crippen LogP contribution in [0.2, 0.25) is 0 Å². The minimum Gasteiger partial charge on any atom is -0.478 e. The van der Waals surface area contributed by atoms with Gasteiger partial charge in [0.2, 0.25) is 10.0 Å². The van der Waals surface area contributed by atoms with E-state index in [1.54, 1.807) is 13.8 Å². The normalized spacial score (nSPS) is 12.4. The van der Waals surface area contributed by atoms with Crippen LogP contribution in [-0.2, 0) is 21.2 Å². The Morgan fingerprint density at radius 2 is 2.00 bits per heavy atom. The van der Waals surface area contributed by atoms with Crippen LogP contribution in [0.1, 0.15) is 36.7 Å². The van der Waals surface area contributed by atoms with Gasteiger partial charge < -0.3 is 9.84 Å². The van der Waals surface area contributed by atoms with Crippen LogP contribution in [0, 0.1) is 0 Å². The van der Waals surface area contributed by atoms with Gasteiger partial charge in [-0.05, 0) is 38.0 Å². The molecule has 0 saturated carbocycles. The van der Waals surface area contributed by atoms with Crippen molar-refractivity contribution in [2.75, 3.05) is 13.7 Å². The number of carbonyl (C=O) groups is 1. The molecule has 0 spiro atoms. The third kappa shape index (κ3) is 4.52. The highest BCUT2D eigenvalue weighted by atomic mass is 32.2. The molecule has 0 heterocycles. The lowest BCUT2D eigenvalue weighted by Gasteiger charge is -2.25. The van der Waals surface area contributed by atoms with E-state index < -0.39 is 21.5 Å². The summed E-state index contributed by atoms with van der Waals surface area (Å²) in [5, 5.41) is 9.02. The van der Waals surface area contributed by atoms with E-state index in [2.05, 4.69) is 4.72 Å². The van der Waals surface area contributed by atoms with Crippen LogP contribution >= 0.6 is 0 Å². The second-order valence-electron chi connectivity index (χ2n) is 5.40. The van der Waals surface area contributed by atoms with Crippen molar-refractivity contribution in [2.45, 2.75) is 37.6 Å². The van der Waals surface area contributed by atoms with Crippen molar-refractivity contribution in [3.8, 4) is 0 Å². The molecular formula is C14H21NO5S. The molecule has 0 saturated heterocycles. The monoisotopic (exact) mass is 315 g/mol. The zero-order valence-electron chi connectivity index (χ0n) is 12.6. The summed E-state index contributed by atoms with van der Waals surface area (Å²) in [5.74, 6) is -1.16. The molecule has 0 atom stereocenters. The highest BCUT2D eigenvalue weighted by Gasteiger charge is 2.28. The molecule has 0 bridgehead atoms. The third-order valence-corrected chi connectivity index (χ3v) is 4.68. The van der Waals surface area contributed by atoms with Gasteiger partial charge in [0.25, 0.3) is 0 Å². The molecule has 21 heavy (non-hydrogen) atoms. The number of hydrogen-bond acceptors (Lipinski definition) is 4. The number of aromatic carboxylic acids is 1. The lowest BCUT2D eigenvalue weighted by molar-refractivity contribution is 0.0696. The van der Waals surface area contributed by atoms with Crippen molar-refractivity contribution in [1.82, 2.24) is 4.72 Å². The topological polar surface area (TPSA) is 92.7 Å². The molecule has 7 heteroatoms. The number of carboxylic acid groups (broad SMARTS) is 1. The molecular weight excluding hydrogens is 294 g/mol. The molecule has 1 rings (SSSR count). The maximum atomic E-state index is 12.5. The standard InChI is InChI=1S/C14H21NO5S/c1-5-10-6-7-11(13(16)17)8-12(10)21(18,19)15-14(2,3)9-20-4/h6-8,15H,5,9H2,1-4H3,(H,16,17). The molecule has 2 N–H and O–H groups in total. The van der Waals surface area contributed by atoms with Gasteiger partial charge in [0, 0.05) is 7.11 Å². The number of sulfonamides is 1. The molecule has 0 amide bonds. The SMILES string of the molecule is CCc1ccc(C(=O)O)cc1S(=O)(=O)NC(C)(C)COC. The number of ether oxygens (including phenoxy) is 1. The van der Waals surface area contributed by atoms with E-state index in [0.29, 0.717) is 12.0 Å². The Labute approximate surface area is 125 Å². The minimum absolute atomic E-state index is 0.00548. The second-order valence-corrected chi connectivity index (χ2v) is 7.05. The summed E-state index contributed by atoms with van der Waals surface area (Å²) >= 11 is 0. The van der Waals surface area contributed by atoms with Crippen molar-refractivity contribution >= 4 is 16.0 Å². The maximum Gasteiger partial charge on any atom is 0.335 e. The van der Waals surface area contributed by atoms with E-state index in [0.717, 1.165) is 0 Å². The summed E-state index contributed by atoms with van der Waals surface area (Å²) in [6.45, 7) is 5.41. The molecule has 1 aromatic carbocycles. The van der Waals surface area contributed by atoms with Gasteiger partial charge in [-0.1, -0.05) is 13.0 Å². The quantitative estimate of drug-likeness (QED) is 0.798. The van der Waals surface area contributed by atoms with E-state index in [9.17, 15) is 13.2 Å². The summed E-state index contributed by atoms with van der Waals surface area (Å²) in [6.07, 6.45) is 0.487. The minimum atomic E-state index is -3.83. The van der Waals surface area contributed by atoms with Gasteiger partial charge in [0.05, 0.1) is 22.6 Å². The van der Waals surface area contributed by atoms with Crippen molar-refractivity contribution in [3.05, 3.63) is 29.3 Å². The Bertz CT molecular complexity index is 622. The Kier molecular flexibility index (Phi) is 5.49. The predicted octanol–water partition coefficient (Wildman–Crippen LogP) is 1.65. The number of methoxy groups -OCH3 is 1. The van der Waals surface area contributed by atoms with Gasteiger partial charge in [0.15, 0.2) is 0 Å². The summed E-state index contributed by atoms with van der Waals surface area (Å²) in [4.78, 5) is 11.0. The first-order chi connectivity index (χ1) is 9.63. The van der Waals surface area contributed by atoms with Crippen LogP contribution in [-0.4, -0.2) is 38.7 Å². The van der Waals surface area contributed by atoms with Gasteiger partial charge in [0.1, 0.15) is 0 Å². The zero-order chi connectivity index (χ0) is 16.3. The molecule has 1 aromatic rings. The molecule has 0 aliphatic rings. The number of hydrogen-bond donors (Lipinski definition) is 2. The number of benzene rings is 1. The Balaban J connectivity index is 3.29. The molecule has 0 unspecified atom stereocenters. The zero-order valence-corrected chi connectivity index (χ0v) is 13.5. The summed E-state index contributed by atoms with van der Waals surface area (Å²) in [6, 6.07) is 4.12. The van der Waals surface area contributed by atoms with Gasteiger partial charge in [-0.25, -0.2) is 17.9 Å². The molecule has 0 fully saturated rings. The van der Waals surface area contributed by atoms with E-state index in [1.165, 1.54) is 25.3 Å². The van der Waals surface area contributed by atoms with Crippen LogP contribution in [0.25, 0.3) is 0 Å². The van der Waals surface area contributed by atoms with E-state index in [4.69, 9.17) is 9.84 Å². The first-order valence-electron chi connectivity index (χ1n) is 6.52. The van der Waals surface area contributed by atoms with Crippen LogP contribution in [0.3, 0.4) is 0 Å². The number of carboxylic acids is 1. The lowest BCUT2D eigenvalue weighted by atomic mass is 10.1. The van der Waals surface area contributed by atoms with Crippen molar-refractivity contribution < 1.29 is 23.1 Å². The number of nitrogens with one attached hydrogen (secondary N) is 1. The molecule has 0 aromatic heterocycles. The fourth-order valence-corrected chi connectivity index (χ4v) is 3.77. The Morgan fingerprint density at radius 3 is 2.48 bits per heavy atom. The Morgan fingerprint density at radius 1 is 1.38 bits per heavy atom. The van der Waals surface area contributed by atoms with Crippen molar-refractivity contribution in [1.29, 1.82) is 0 Å². The van der Waals surface area contributed by atoms with Crippen LogP contribution < -0.4 is 4.72 Å². The summed E-state index contributed by atoms with van der Waals surface area (Å²) in [5.41, 5.74) is -0.282. The predicted molar refractivity (Wildman–Crippen MR) is 79.1 cm³/mol. The molecule has 6 nitrogen and oxygen atoms in total. The van der Waals surface area contributed by atoms with Crippen LogP contribution in [0.5, 0.6) is 0 Å². The first-order valence-corrected chi connectivity index (χ1v) is 8.00. The summed E-state index contributed by atoms with van der Waals surface area (Å²) in [7, 11) is -2.35. The smallest absolute Gasteiger partial charge is 0.335 e. The summed E-state index contributed by atoms with van der Waals surface area (Å²) < 4.78 is 32.6. The number of rotatable bonds is 7. The Hall–Kier alpha value is -1.44. The van der Waals surface area contributed by atoms with E-state index in [-0.39, 0.29) is 17.1 Å². The lowest BCUT2D eigenvalue weighted by Crippen LogP contribution is -2.46. The van der Waals surface area contributed by atoms with Gasteiger partial charge in [-0.3, -0.25) is 0 Å². The van der Waals surface area contributed by atoms with Crippen molar-refractivity contribution in [3.63, 3.8) is 0 Å². The highest BCUT2D eigenvalue weighted by molar-refractivity contribution is 7.89. The van der Waals surface area contributed by atoms with E-state index in [1.807, 2.05) is 6.92 Å². The van der Waals surface area contributed by atoms with Crippen molar-refractivity contribution in [2.24, 2.45) is 0 Å². The third-order valence-electron chi connectivity index (χ3n) is 2.90. The average molecular weight is 315 g/mol. The molecule has 118 valence electrons. The molecule has 0 aliphatic heterocycles. The molecule has 0 aliphatic carbocycles. The van der Waals surface area contributed by atoms with Crippen LogP contribution in [0.15, 0.2) is 23.1 Å². The fraction of sp³-hybridized carbons (Fsp3) is 0.500. The number of aryl methyl sites for hydroxylation is 1. The van der Waals surface area contributed by atoms with Crippen LogP contribution in [0.4, 0.5) is 0 Å². The first kappa shape index (κ1) is 17.6. The highest BCUT2D eigenvalue weighted by Crippen LogP contribution is 2.20. The fourth-order valence-electron chi connectivity index (χ4n) is 2.04. The average Bonchev–Trinajstić information content (AvgIpc) is 2.36. The molecule has 0 radical (unpaired) electrons. The maximum absolute atomic E-state index is 12.5.